The number of hydrogen-bond acceptors (Lipinski definition) is 2. The van der Waals surface area contributed by atoms with E-state index >= 15 is 0 Å². The van der Waals surface area contributed by atoms with Gasteiger partial charge in [0, 0.05) is 32.7 Å². The summed E-state index contributed by atoms with van der Waals surface area (Å²) in [5.41, 5.74) is 0.626. The minimum atomic E-state index is 0. The number of nitrogens with one attached hydrogen (secondary N) is 1. The molecular weight excluding hydrogens is 411 g/mol. The van der Waals surface area contributed by atoms with Gasteiger partial charge in [-0.3, -0.25) is 4.99 Å². The Balaban J connectivity index is 0.00000208. The minimum Gasteiger partial charge on any atom is -0.357 e. The fourth-order valence-corrected chi connectivity index (χ4v) is 4.87. The third kappa shape index (κ3) is 4.99. The van der Waals surface area contributed by atoms with E-state index in [2.05, 4.69) is 29.0 Å². The number of likely N-dealkylation sites (tertiary alicyclic amines) is 2. The summed E-state index contributed by atoms with van der Waals surface area (Å²) in [6.07, 6.45) is 9.75. The van der Waals surface area contributed by atoms with E-state index in [1.54, 1.807) is 0 Å². The predicted molar refractivity (Wildman–Crippen MR) is 113 cm³/mol. The zero-order valence-electron chi connectivity index (χ0n) is 15.7. The average molecular weight is 448 g/mol. The first-order valence-corrected chi connectivity index (χ1v) is 10.0. The van der Waals surface area contributed by atoms with E-state index in [-0.39, 0.29) is 24.0 Å². The Hall–Kier alpha value is -0.0400. The normalized spacial score (nSPS) is 27.0. The van der Waals surface area contributed by atoms with Crippen molar-refractivity contribution in [2.45, 2.75) is 58.8 Å². The first-order valence-electron chi connectivity index (χ1n) is 10.0. The van der Waals surface area contributed by atoms with Crippen LogP contribution < -0.4 is 5.32 Å². The first-order chi connectivity index (χ1) is 11.2. The number of halogens is 1. The largest absolute Gasteiger partial charge is 0.357 e. The fraction of sp³-hybridized carbons (Fsp3) is 0.947. The molecule has 140 valence electrons. The number of nitrogens with zero attached hydrogens (tertiary/aromatic N) is 3. The smallest absolute Gasteiger partial charge is 0.193 e. The number of rotatable bonds is 5. The van der Waals surface area contributed by atoms with Gasteiger partial charge in [-0.15, -0.1) is 24.0 Å². The van der Waals surface area contributed by atoms with Crippen LogP contribution in [0.1, 0.15) is 58.8 Å². The highest BCUT2D eigenvalue weighted by Gasteiger charge is 2.41. The van der Waals surface area contributed by atoms with Crippen molar-refractivity contribution in [3.8, 4) is 0 Å². The van der Waals surface area contributed by atoms with Crippen molar-refractivity contribution in [1.29, 1.82) is 0 Å². The Bertz CT molecular complexity index is 406. The third-order valence-corrected chi connectivity index (χ3v) is 6.15. The zero-order valence-corrected chi connectivity index (χ0v) is 18.1. The Morgan fingerprint density at radius 3 is 2.67 bits per heavy atom. The molecule has 1 unspecified atom stereocenters. The average Bonchev–Trinajstić information content (AvgIpc) is 3.28. The summed E-state index contributed by atoms with van der Waals surface area (Å²) >= 11 is 0. The molecule has 3 rings (SSSR count). The van der Waals surface area contributed by atoms with E-state index in [1.807, 2.05) is 0 Å². The summed E-state index contributed by atoms with van der Waals surface area (Å²) in [5, 5.41) is 3.55. The molecule has 0 bridgehead atoms. The zero-order chi connectivity index (χ0) is 16.1. The van der Waals surface area contributed by atoms with Crippen LogP contribution in [0, 0.1) is 11.3 Å². The molecule has 1 spiro atoms. The van der Waals surface area contributed by atoms with Gasteiger partial charge in [-0.1, -0.05) is 19.8 Å². The lowest BCUT2D eigenvalue weighted by Crippen LogP contribution is -2.41. The summed E-state index contributed by atoms with van der Waals surface area (Å²) in [6.45, 7) is 12.7. The molecule has 3 fully saturated rings. The Kier molecular flexibility index (Phi) is 8.11. The molecule has 24 heavy (non-hydrogen) atoms. The summed E-state index contributed by atoms with van der Waals surface area (Å²) in [5.74, 6) is 1.95. The molecule has 1 atom stereocenters. The number of hydrogen-bond donors (Lipinski definition) is 1. The van der Waals surface area contributed by atoms with Crippen LogP contribution in [0.25, 0.3) is 0 Å². The second-order valence-corrected chi connectivity index (χ2v) is 8.03. The summed E-state index contributed by atoms with van der Waals surface area (Å²) < 4.78 is 0. The van der Waals surface area contributed by atoms with Gasteiger partial charge in [0.1, 0.15) is 0 Å². The lowest BCUT2D eigenvalue weighted by atomic mass is 9.86. The molecule has 0 amide bonds. The second kappa shape index (κ2) is 9.60. The Morgan fingerprint density at radius 1 is 1.17 bits per heavy atom. The van der Waals surface area contributed by atoms with Crippen molar-refractivity contribution >= 4 is 29.9 Å². The van der Waals surface area contributed by atoms with E-state index in [0.717, 1.165) is 19.0 Å². The van der Waals surface area contributed by atoms with Gasteiger partial charge in [0.2, 0.25) is 0 Å². The molecule has 0 aromatic heterocycles. The number of aliphatic imine (C=N–C) groups is 1. The lowest BCUT2D eigenvalue weighted by molar-refractivity contribution is 0.308. The topological polar surface area (TPSA) is 30.9 Å². The molecule has 2 aliphatic heterocycles. The minimum absolute atomic E-state index is 0. The monoisotopic (exact) mass is 448 g/mol. The summed E-state index contributed by atoms with van der Waals surface area (Å²) in [7, 11) is 0. The van der Waals surface area contributed by atoms with Crippen molar-refractivity contribution in [2.24, 2.45) is 16.3 Å². The van der Waals surface area contributed by atoms with Crippen LogP contribution in [-0.4, -0.2) is 61.6 Å². The molecule has 1 N–H and O–H groups in total. The van der Waals surface area contributed by atoms with E-state index < -0.39 is 0 Å². The van der Waals surface area contributed by atoms with Gasteiger partial charge in [0.25, 0.3) is 0 Å². The molecule has 1 aliphatic carbocycles. The molecule has 5 heteroatoms. The standard InChI is InChI=1S/C19H36N4.HI/c1-3-11-22-12-7-17(15-22)14-21-18(20-4-2)23-13-10-19(16-23)8-5-6-9-19;/h17H,3-16H2,1-2H3,(H,20,21);1H. The van der Waals surface area contributed by atoms with Gasteiger partial charge in [0.15, 0.2) is 5.96 Å². The molecule has 2 saturated heterocycles. The van der Waals surface area contributed by atoms with Gasteiger partial charge in [0.05, 0.1) is 0 Å². The fourth-order valence-electron chi connectivity index (χ4n) is 4.87. The van der Waals surface area contributed by atoms with Crippen molar-refractivity contribution < 1.29 is 0 Å². The third-order valence-electron chi connectivity index (χ3n) is 6.15. The van der Waals surface area contributed by atoms with Crippen LogP contribution >= 0.6 is 24.0 Å². The quantitative estimate of drug-likeness (QED) is 0.397. The maximum Gasteiger partial charge on any atom is 0.193 e. The molecule has 0 aromatic carbocycles. The van der Waals surface area contributed by atoms with Crippen molar-refractivity contribution in [1.82, 2.24) is 15.1 Å². The van der Waals surface area contributed by atoms with Gasteiger partial charge < -0.3 is 15.1 Å². The maximum absolute atomic E-state index is 5.03. The Labute approximate surface area is 165 Å². The highest BCUT2D eigenvalue weighted by molar-refractivity contribution is 14.0. The van der Waals surface area contributed by atoms with Crippen molar-refractivity contribution in [3.63, 3.8) is 0 Å². The maximum atomic E-state index is 5.03. The predicted octanol–water partition coefficient (Wildman–Crippen LogP) is 3.57. The van der Waals surface area contributed by atoms with Crippen LogP contribution in [0.15, 0.2) is 4.99 Å². The SMILES string of the molecule is CCCN1CCC(CN=C(NCC)N2CCC3(CCCC3)C2)C1.I. The molecule has 3 aliphatic rings. The highest BCUT2D eigenvalue weighted by atomic mass is 127. The van der Waals surface area contributed by atoms with Crippen LogP contribution in [0.5, 0.6) is 0 Å². The van der Waals surface area contributed by atoms with E-state index in [4.69, 9.17) is 4.99 Å². The van der Waals surface area contributed by atoms with E-state index in [1.165, 1.54) is 83.6 Å². The van der Waals surface area contributed by atoms with Crippen LogP contribution in [0.4, 0.5) is 0 Å². The van der Waals surface area contributed by atoms with Gasteiger partial charge in [-0.25, -0.2) is 0 Å². The lowest BCUT2D eigenvalue weighted by Gasteiger charge is -2.26. The van der Waals surface area contributed by atoms with Crippen molar-refractivity contribution in [2.75, 3.05) is 45.8 Å². The molecule has 0 aromatic rings. The number of guanidine groups is 1. The van der Waals surface area contributed by atoms with Crippen LogP contribution in [0.3, 0.4) is 0 Å². The van der Waals surface area contributed by atoms with Gasteiger partial charge in [-0.2, -0.15) is 0 Å². The van der Waals surface area contributed by atoms with Crippen LogP contribution in [0.2, 0.25) is 0 Å². The first kappa shape index (κ1) is 20.3. The van der Waals surface area contributed by atoms with E-state index in [0.29, 0.717) is 5.41 Å². The van der Waals surface area contributed by atoms with Crippen molar-refractivity contribution in [3.05, 3.63) is 0 Å². The molecule has 0 radical (unpaired) electrons. The molecule has 4 nitrogen and oxygen atoms in total. The van der Waals surface area contributed by atoms with Crippen LogP contribution in [-0.2, 0) is 0 Å². The highest BCUT2D eigenvalue weighted by Crippen LogP contribution is 2.45. The van der Waals surface area contributed by atoms with E-state index in [9.17, 15) is 0 Å². The molecular formula is C19H37IN4. The molecule has 2 heterocycles. The van der Waals surface area contributed by atoms with Gasteiger partial charge >= 0.3 is 0 Å². The Morgan fingerprint density at radius 2 is 1.96 bits per heavy atom. The second-order valence-electron chi connectivity index (χ2n) is 8.03. The van der Waals surface area contributed by atoms with Gasteiger partial charge in [-0.05, 0) is 63.5 Å². The summed E-state index contributed by atoms with van der Waals surface area (Å²) in [4.78, 5) is 10.2. The summed E-state index contributed by atoms with van der Waals surface area (Å²) in [6, 6.07) is 0. The molecule has 1 saturated carbocycles.